The van der Waals surface area contributed by atoms with Gasteiger partial charge in [-0.3, -0.25) is 4.79 Å². The highest BCUT2D eigenvalue weighted by Gasteiger charge is 2.51. The second-order valence-corrected chi connectivity index (χ2v) is 6.46. The van der Waals surface area contributed by atoms with Crippen molar-refractivity contribution in [1.82, 2.24) is 5.32 Å². The molecule has 0 saturated heterocycles. The van der Waals surface area contributed by atoms with E-state index in [2.05, 4.69) is 5.32 Å². The molecule has 2 aliphatic rings. The number of aliphatic hydroxyl groups is 1. The van der Waals surface area contributed by atoms with Crippen molar-refractivity contribution in [3.8, 4) is 0 Å². The third-order valence-corrected chi connectivity index (χ3v) is 4.88. The van der Waals surface area contributed by atoms with E-state index in [1.54, 1.807) is 0 Å². The maximum absolute atomic E-state index is 12.6. The fourth-order valence-electron chi connectivity index (χ4n) is 3.13. The van der Waals surface area contributed by atoms with Crippen molar-refractivity contribution < 1.29 is 9.90 Å². The maximum atomic E-state index is 12.6. The van der Waals surface area contributed by atoms with Gasteiger partial charge in [-0.25, -0.2) is 0 Å². The Labute approximate surface area is 124 Å². The molecule has 2 aliphatic carbocycles. The van der Waals surface area contributed by atoms with Crippen molar-refractivity contribution >= 4 is 17.5 Å². The molecule has 3 nitrogen and oxygen atoms in total. The van der Waals surface area contributed by atoms with Crippen molar-refractivity contribution in [2.45, 2.75) is 56.1 Å². The summed E-state index contributed by atoms with van der Waals surface area (Å²) in [5, 5.41) is 13.7. The minimum Gasteiger partial charge on any atom is -0.391 e. The predicted molar refractivity (Wildman–Crippen MR) is 78.8 cm³/mol. The quantitative estimate of drug-likeness (QED) is 0.900. The zero-order valence-electron chi connectivity index (χ0n) is 11.4. The molecule has 0 bridgehead atoms. The van der Waals surface area contributed by atoms with Crippen LogP contribution in [0.1, 0.15) is 44.1 Å². The Morgan fingerprint density at radius 2 is 1.85 bits per heavy atom. The standard InChI is InChI=1S/C16H20ClNO2/c17-12-7-5-11(6-8-12)16(9-10-16)15(20)18-13-3-1-2-4-14(13)19/h5-8,13-14,19H,1-4,9-10H2,(H,18,20)/t13-,14-/m0/s1. The molecule has 2 N–H and O–H groups in total. The lowest BCUT2D eigenvalue weighted by Crippen LogP contribution is -2.48. The molecule has 0 heterocycles. The van der Waals surface area contributed by atoms with E-state index in [1.807, 2.05) is 24.3 Å². The molecule has 0 aliphatic heterocycles. The number of hydrogen-bond acceptors (Lipinski definition) is 2. The number of amides is 1. The Morgan fingerprint density at radius 1 is 1.20 bits per heavy atom. The zero-order chi connectivity index (χ0) is 14.2. The van der Waals surface area contributed by atoms with Crippen LogP contribution in [0.4, 0.5) is 0 Å². The molecule has 108 valence electrons. The van der Waals surface area contributed by atoms with Gasteiger partial charge in [0.05, 0.1) is 17.6 Å². The Balaban J connectivity index is 1.71. The maximum Gasteiger partial charge on any atom is 0.230 e. The van der Waals surface area contributed by atoms with E-state index >= 15 is 0 Å². The van der Waals surface area contributed by atoms with Crippen molar-refractivity contribution in [2.24, 2.45) is 0 Å². The largest absolute Gasteiger partial charge is 0.391 e. The number of carbonyl (C=O) groups is 1. The first-order chi connectivity index (χ1) is 9.62. The van der Waals surface area contributed by atoms with Crippen LogP contribution in [0.2, 0.25) is 5.02 Å². The van der Waals surface area contributed by atoms with Crippen molar-refractivity contribution in [3.05, 3.63) is 34.9 Å². The van der Waals surface area contributed by atoms with Gasteiger partial charge in [0.15, 0.2) is 0 Å². The molecule has 0 aromatic heterocycles. The molecule has 2 fully saturated rings. The molecule has 0 unspecified atom stereocenters. The lowest BCUT2D eigenvalue weighted by atomic mass is 9.90. The molecule has 2 saturated carbocycles. The first-order valence-corrected chi connectivity index (χ1v) is 7.75. The van der Waals surface area contributed by atoms with E-state index < -0.39 is 6.10 Å². The Hall–Kier alpha value is -1.06. The number of carbonyl (C=O) groups excluding carboxylic acids is 1. The highest BCUT2D eigenvalue weighted by Crippen LogP contribution is 2.48. The number of rotatable bonds is 3. The van der Waals surface area contributed by atoms with E-state index in [1.165, 1.54) is 0 Å². The molecular formula is C16H20ClNO2. The zero-order valence-corrected chi connectivity index (χ0v) is 12.2. The normalized spacial score (nSPS) is 27.9. The third kappa shape index (κ3) is 2.57. The van der Waals surface area contributed by atoms with Gasteiger partial charge in [-0.2, -0.15) is 0 Å². The van der Waals surface area contributed by atoms with Gasteiger partial charge in [0.1, 0.15) is 0 Å². The fourth-order valence-corrected chi connectivity index (χ4v) is 3.25. The second-order valence-electron chi connectivity index (χ2n) is 6.02. The number of hydrogen-bond donors (Lipinski definition) is 2. The molecule has 3 rings (SSSR count). The number of halogens is 1. The van der Waals surface area contributed by atoms with E-state index in [0.717, 1.165) is 44.1 Å². The molecule has 1 amide bonds. The second kappa shape index (κ2) is 5.38. The van der Waals surface area contributed by atoms with Crippen LogP contribution in [-0.2, 0) is 10.2 Å². The van der Waals surface area contributed by atoms with Crippen LogP contribution in [0.15, 0.2) is 24.3 Å². The topological polar surface area (TPSA) is 49.3 Å². The summed E-state index contributed by atoms with van der Waals surface area (Å²) in [5.41, 5.74) is 0.645. The summed E-state index contributed by atoms with van der Waals surface area (Å²) < 4.78 is 0. The minimum atomic E-state index is -0.395. The summed E-state index contributed by atoms with van der Waals surface area (Å²) in [6, 6.07) is 7.46. The van der Waals surface area contributed by atoms with Gasteiger partial charge in [-0.05, 0) is 43.4 Å². The minimum absolute atomic E-state index is 0.0609. The molecule has 2 atom stereocenters. The summed E-state index contributed by atoms with van der Waals surface area (Å²) in [4.78, 5) is 12.6. The Bertz CT molecular complexity index is 496. The Morgan fingerprint density at radius 3 is 2.45 bits per heavy atom. The smallest absolute Gasteiger partial charge is 0.230 e. The van der Waals surface area contributed by atoms with Gasteiger partial charge in [0.2, 0.25) is 5.91 Å². The number of nitrogens with one attached hydrogen (secondary N) is 1. The average molecular weight is 294 g/mol. The Kier molecular flexibility index (Phi) is 3.74. The van der Waals surface area contributed by atoms with E-state index in [-0.39, 0.29) is 17.4 Å². The summed E-state index contributed by atoms with van der Waals surface area (Å²) in [5.74, 6) is 0.0609. The van der Waals surface area contributed by atoms with Crippen molar-refractivity contribution in [2.75, 3.05) is 0 Å². The van der Waals surface area contributed by atoms with Crippen LogP contribution in [-0.4, -0.2) is 23.2 Å². The summed E-state index contributed by atoms with van der Waals surface area (Å²) >= 11 is 5.90. The molecule has 20 heavy (non-hydrogen) atoms. The molecule has 4 heteroatoms. The van der Waals surface area contributed by atoms with Crippen LogP contribution in [0.3, 0.4) is 0 Å². The van der Waals surface area contributed by atoms with Crippen LogP contribution < -0.4 is 5.32 Å². The summed E-state index contributed by atoms with van der Waals surface area (Å²) in [6.45, 7) is 0. The molecular weight excluding hydrogens is 274 g/mol. The van der Waals surface area contributed by atoms with E-state index in [4.69, 9.17) is 11.6 Å². The number of benzene rings is 1. The van der Waals surface area contributed by atoms with Crippen molar-refractivity contribution in [3.63, 3.8) is 0 Å². The highest BCUT2D eigenvalue weighted by molar-refractivity contribution is 6.30. The van der Waals surface area contributed by atoms with Gasteiger partial charge >= 0.3 is 0 Å². The van der Waals surface area contributed by atoms with Crippen LogP contribution in [0.5, 0.6) is 0 Å². The molecule has 0 spiro atoms. The van der Waals surface area contributed by atoms with Crippen LogP contribution >= 0.6 is 11.6 Å². The van der Waals surface area contributed by atoms with Gasteiger partial charge in [-0.1, -0.05) is 36.6 Å². The van der Waals surface area contributed by atoms with Crippen LogP contribution in [0, 0.1) is 0 Å². The fraction of sp³-hybridized carbons (Fsp3) is 0.562. The summed E-state index contributed by atoms with van der Waals surface area (Å²) in [7, 11) is 0. The molecule has 1 aromatic carbocycles. The monoisotopic (exact) mass is 293 g/mol. The third-order valence-electron chi connectivity index (χ3n) is 4.63. The first kappa shape index (κ1) is 13.9. The van der Waals surface area contributed by atoms with Gasteiger partial charge in [-0.15, -0.1) is 0 Å². The van der Waals surface area contributed by atoms with Gasteiger partial charge in [0.25, 0.3) is 0 Å². The lowest BCUT2D eigenvalue weighted by molar-refractivity contribution is -0.125. The average Bonchev–Trinajstić information content (AvgIpc) is 3.24. The van der Waals surface area contributed by atoms with Gasteiger partial charge in [0, 0.05) is 5.02 Å². The van der Waals surface area contributed by atoms with E-state index in [9.17, 15) is 9.90 Å². The van der Waals surface area contributed by atoms with E-state index in [0.29, 0.717) is 5.02 Å². The van der Waals surface area contributed by atoms with Crippen LogP contribution in [0.25, 0.3) is 0 Å². The lowest BCUT2D eigenvalue weighted by Gasteiger charge is -2.30. The molecule has 1 aromatic rings. The highest BCUT2D eigenvalue weighted by atomic mass is 35.5. The summed E-state index contributed by atoms with van der Waals surface area (Å²) in [6.07, 6.45) is 5.16. The predicted octanol–water partition coefficient (Wildman–Crippen LogP) is 2.79. The molecule has 0 radical (unpaired) electrons. The first-order valence-electron chi connectivity index (χ1n) is 7.37. The van der Waals surface area contributed by atoms with Crippen molar-refractivity contribution in [1.29, 1.82) is 0 Å². The van der Waals surface area contributed by atoms with Gasteiger partial charge < -0.3 is 10.4 Å². The SMILES string of the molecule is O=C(N[C@H]1CCCC[C@@H]1O)C1(c2ccc(Cl)cc2)CC1. The number of aliphatic hydroxyl groups excluding tert-OH is 1.